The molecule has 1 aromatic heterocycles. The number of pyridine rings is 1. The first-order valence-corrected chi connectivity index (χ1v) is 3.62. The van der Waals surface area contributed by atoms with Gasteiger partial charge in [-0.25, -0.2) is 4.79 Å². The fraction of sp³-hybridized carbons (Fsp3) is 0.250. The quantitative estimate of drug-likeness (QED) is 0.600. The van der Waals surface area contributed by atoms with Crippen LogP contribution in [0.3, 0.4) is 0 Å². The smallest absolute Gasteiger partial charge is 0.328 e. The number of hydrogen-bond acceptors (Lipinski definition) is 4. The summed E-state index contributed by atoms with van der Waals surface area (Å²) in [7, 11) is 0. The average molecular weight is 182 g/mol. The lowest BCUT2D eigenvalue weighted by Gasteiger charge is -2.19. The molecule has 1 unspecified atom stereocenters. The van der Waals surface area contributed by atoms with Crippen LogP contribution in [0.15, 0.2) is 18.5 Å². The van der Waals surface area contributed by atoms with Gasteiger partial charge in [-0.3, -0.25) is 4.98 Å². The molecule has 5 heteroatoms. The van der Waals surface area contributed by atoms with Gasteiger partial charge in [-0.1, -0.05) is 0 Å². The largest absolute Gasteiger partial charge is 0.506 e. The summed E-state index contributed by atoms with van der Waals surface area (Å²) in [4.78, 5) is 14.3. The predicted molar refractivity (Wildman–Crippen MR) is 45.1 cm³/mol. The van der Waals surface area contributed by atoms with Crippen LogP contribution in [0.2, 0.25) is 0 Å². The number of nitrogens with two attached hydrogens (primary N) is 1. The summed E-state index contributed by atoms with van der Waals surface area (Å²) in [6.07, 6.45) is 2.53. The summed E-state index contributed by atoms with van der Waals surface area (Å²) < 4.78 is 0. The summed E-state index contributed by atoms with van der Waals surface area (Å²) in [6, 6.07) is 1.38. The molecule has 0 fully saturated rings. The second-order valence-electron chi connectivity index (χ2n) is 2.90. The van der Waals surface area contributed by atoms with Crippen molar-refractivity contribution in [2.45, 2.75) is 12.5 Å². The van der Waals surface area contributed by atoms with Crippen molar-refractivity contribution in [2.75, 3.05) is 0 Å². The molecule has 1 atom stereocenters. The maximum atomic E-state index is 10.7. The number of aliphatic carboxylic acids is 1. The minimum Gasteiger partial charge on any atom is -0.506 e. The molecule has 0 aromatic carbocycles. The van der Waals surface area contributed by atoms with Crippen LogP contribution in [0.1, 0.15) is 12.5 Å². The molecule has 4 N–H and O–H groups in total. The molecule has 13 heavy (non-hydrogen) atoms. The molecule has 0 spiro atoms. The molecule has 1 rings (SSSR count). The van der Waals surface area contributed by atoms with Gasteiger partial charge < -0.3 is 15.9 Å². The Hall–Kier alpha value is -1.62. The Morgan fingerprint density at radius 1 is 1.69 bits per heavy atom. The predicted octanol–water partition coefficient (Wildman–Crippen LogP) is 0.0457. The van der Waals surface area contributed by atoms with Crippen molar-refractivity contribution in [3.63, 3.8) is 0 Å². The van der Waals surface area contributed by atoms with Gasteiger partial charge in [0.25, 0.3) is 0 Å². The molecule has 0 amide bonds. The van der Waals surface area contributed by atoms with E-state index in [4.69, 9.17) is 10.8 Å². The second kappa shape index (κ2) is 3.02. The van der Waals surface area contributed by atoms with Gasteiger partial charge in [-0.05, 0) is 13.0 Å². The third-order valence-corrected chi connectivity index (χ3v) is 1.80. The van der Waals surface area contributed by atoms with E-state index in [0.29, 0.717) is 0 Å². The number of hydrogen-bond donors (Lipinski definition) is 3. The van der Waals surface area contributed by atoms with Crippen molar-refractivity contribution in [3.05, 3.63) is 24.0 Å². The summed E-state index contributed by atoms with van der Waals surface area (Å²) >= 11 is 0. The van der Waals surface area contributed by atoms with Crippen molar-refractivity contribution in [1.29, 1.82) is 0 Å². The van der Waals surface area contributed by atoms with Crippen molar-refractivity contribution in [2.24, 2.45) is 5.73 Å². The van der Waals surface area contributed by atoms with Crippen LogP contribution < -0.4 is 5.73 Å². The highest BCUT2D eigenvalue weighted by Crippen LogP contribution is 2.25. The molecular formula is C8H10N2O3. The molecule has 0 aliphatic heterocycles. The van der Waals surface area contributed by atoms with Crippen LogP contribution in [0.5, 0.6) is 5.75 Å². The van der Waals surface area contributed by atoms with E-state index in [9.17, 15) is 9.90 Å². The summed E-state index contributed by atoms with van der Waals surface area (Å²) in [5.74, 6) is -1.41. The van der Waals surface area contributed by atoms with Crippen LogP contribution in [0.4, 0.5) is 0 Å². The standard InChI is InChI=1S/C8H10N2O3/c1-8(9,7(12)13)5-2-3-10-4-6(5)11/h2-4,11H,9H2,1H3,(H,12,13). The van der Waals surface area contributed by atoms with Gasteiger partial charge in [-0.2, -0.15) is 0 Å². The fourth-order valence-corrected chi connectivity index (χ4v) is 0.940. The molecule has 0 radical (unpaired) electrons. The molecule has 0 bridgehead atoms. The van der Waals surface area contributed by atoms with E-state index in [2.05, 4.69) is 4.98 Å². The highest BCUT2D eigenvalue weighted by molar-refractivity contribution is 5.80. The lowest BCUT2D eigenvalue weighted by atomic mass is 9.94. The number of aromatic nitrogens is 1. The molecule has 0 aliphatic rings. The molecule has 0 saturated carbocycles. The minimum absolute atomic E-state index is 0.148. The first-order chi connectivity index (χ1) is 5.96. The summed E-state index contributed by atoms with van der Waals surface area (Å²) in [5.41, 5.74) is 4.05. The zero-order valence-corrected chi connectivity index (χ0v) is 7.06. The van der Waals surface area contributed by atoms with Gasteiger partial charge >= 0.3 is 5.97 Å². The second-order valence-corrected chi connectivity index (χ2v) is 2.90. The topological polar surface area (TPSA) is 96.4 Å². The molecule has 1 aromatic rings. The number of carboxylic acid groups (broad SMARTS) is 1. The molecule has 1 heterocycles. The Balaban J connectivity index is 3.22. The lowest BCUT2D eigenvalue weighted by Crippen LogP contribution is -2.41. The zero-order valence-electron chi connectivity index (χ0n) is 7.06. The van der Waals surface area contributed by atoms with E-state index in [1.807, 2.05) is 0 Å². The number of aromatic hydroxyl groups is 1. The molecule has 0 aliphatic carbocycles. The van der Waals surface area contributed by atoms with Crippen LogP contribution in [0.25, 0.3) is 0 Å². The zero-order chi connectivity index (χ0) is 10.1. The van der Waals surface area contributed by atoms with E-state index in [1.165, 1.54) is 19.2 Å². The third-order valence-electron chi connectivity index (χ3n) is 1.80. The molecular weight excluding hydrogens is 172 g/mol. The summed E-state index contributed by atoms with van der Waals surface area (Å²) in [6.45, 7) is 1.31. The van der Waals surface area contributed by atoms with Crippen LogP contribution >= 0.6 is 0 Å². The van der Waals surface area contributed by atoms with Crippen LogP contribution in [-0.4, -0.2) is 21.2 Å². The van der Waals surface area contributed by atoms with Crippen LogP contribution in [0, 0.1) is 0 Å². The Labute approximate surface area is 74.8 Å². The van der Waals surface area contributed by atoms with E-state index in [0.717, 1.165) is 6.20 Å². The lowest BCUT2D eigenvalue weighted by molar-refractivity contribution is -0.143. The Bertz CT molecular complexity index is 336. The highest BCUT2D eigenvalue weighted by Gasteiger charge is 2.32. The fourth-order valence-electron chi connectivity index (χ4n) is 0.940. The average Bonchev–Trinajstić information content (AvgIpc) is 2.04. The van der Waals surface area contributed by atoms with Crippen molar-refractivity contribution in [1.82, 2.24) is 4.98 Å². The SMILES string of the molecule is CC(N)(C(=O)O)c1ccncc1O. The Morgan fingerprint density at radius 2 is 2.31 bits per heavy atom. The third kappa shape index (κ3) is 1.59. The van der Waals surface area contributed by atoms with Gasteiger partial charge in [0.1, 0.15) is 11.3 Å². The van der Waals surface area contributed by atoms with Crippen molar-refractivity contribution in [3.8, 4) is 5.75 Å². The highest BCUT2D eigenvalue weighted by atomic mass is 16.4. The Morgan fingerprint density at radius 3 is 2.77 bits per heavy atom. The van der Waals surface area contributed by atoms with E-state index in [1.54, 1.807) is 0 Å². The number of carboxylic acids is 1. The number of nitrogens with zero attached hydrogens (tertiary/aromatic N) is 1. The first-order valence-electron chi connectivity index (χ1n) is 3.62. The Kier molecular flexibility index (Phi) is 2.20. The van der Waals surface area contributed by atoms with Gasteiger partial charge in [0.15, 0.2) is 0 Å². The van der Waals surface area contributed by atoms with Gasteiger partial charge in [0, 0.05) is 11.8 Å². The molecule has 0 saturated heterocycles. The maximum Gasteiger partial charge on any atom is 0.328 e. The van der Waals surface area contributed by atoms with Gasteiger partial charge in [-0.15, -0.1) is 0 Å². The maximum absolute atomic E-state index is 10.7. The van der Waals surface area contributed by atoms with Crippen molar-refractivity contribution >= 4 is 5.97 Å². The first kappa shape index (κ1) is 9.47. The van der Waals surface area contributed by atoms with Crippen molar-refractivity contribution < 1.29 is 15.0 Å². The molecule has 5 nitrogen and oxygen atoms in total. The van der Waals surface area contributed by atoms with Gasteiger partial charge in [0.2, 0.25) is 0 Å². The normalized spacial score (nSPS) is 14.9. The van der Waals surface area contributed by atoms with Crippen LogP contribution in [-0.2, 0) is 10.3 Å². The molecule has 70 valence electrons. The van der Waals surface area contributed by atoms with E-state index < -0.39 is 11.5 Å². The number of carbonyl (C=O) groups is 1. The monoisotopic (exact) mass is 182 g/mol. The van der Waals surface area contributed by atoms with E-state index >= 15 is 0 Å². The number of rotatable bonds is 2. The summed E-state index contributed by atoms with van der Waals surface area (Å²) in [5, 5.41) is 18.1. The van der Waals surface area contributed by atoms with E-state index in [-0.39, 0.29) is 11.3 Å². The minimum atomic E-state index is -1.59. The van der Waals surface area contributed by atoms with Gasteiger partial charge in [0.05, 0.1) is 6.20 Å².